The van der Waals surface area contributed by atoms with Gasteiger partial charge in [0.2, 0.25) is 6.41 Å². The third-order valence-corrected chi connectivity index (χ3v) is 5.76. The van der Waals surface area contributed by atoms with E-state index in [1.54, 1.807) is 53.6 Å². The first-order chi connectivity index (χ1) is 16.2. The number of carbonyl (C=O) groups is 3. The highest BCUT2D eigenvalue weighted by Gasteiger charge is 2.28. The van der Waals surface area contributed by atoms with Crippen LogP contribution in [0.5, 0.6) is 0 Å². The minimum atomic E-state index is -0.513. The number of nitrogens with one attached hydrogen (secondary N) is 1. The lowest BCUT2D eigenvalue weighted by atomic mass is 9.94. The zero-order chi connectivity index (χ0) is 24.3. The monoisotopic (exact) mass is 460 g/mol. The molecule has 0 saturated carbocycles. The van der Waals surface area contributed by atoms with Crippen LogP contribution in [0.15, 0.2) is 48.7 Å². The van der Waals surface area contributed by atoms with E-state index < -0.39 is 5.60 Å². The molecule has 176 valence electrons. The molecule has 4 rings (SSSR count). The number of anilines is 1. The smallest absolute Gasteiger partial charge is 0.410 e. The Hall–Kier alpha value is -3.81. The van der Waals surface area contributed by atoms with Gasteiger partial charge in [0, 0.05) is 42.0 Å². The summed E-state index contributed by atoms with van der Waals surface area (Å²) in [7, 11) is 0. The zero-order valence-corrected chi connectivity index (χ0v) is 19.6. The van der Waals surface area contributed by atoms with E-state index in [9.17, 15) is 14.4 Å². The molecule has 0 spiro atoms. The van der Waals surface area contributed by atoms with Crippen molar-refractivity contribution in [3.8, 4) is 0 Å². The number of ketones is 1. The van der Waals surface area contributed by atoms with E-state index in [-0.39, 0.29) is 17.8 Å². The lowest BCUT2D eigenvalue weighted by Gasteiger charge is -2.33. The molecule has 1 aliphatic heterocycles. The predicted octanol–water partition coefficient (Wildman–Crippen LogP) is 4.54. The number of hydrogen-bond acceptors (Lipinski definition) is 6. The Morgan fingerprint density at radius 3 is 2.35 bits per heavy atom. The van der Waals surface area contributed by atoms with Crippen LogP contribution >= 0.6 is 0 Å². The van der Waals surface area contributed by atoms with Crippen LogP contribution in [0.1, 0.15) is 61.1 Å². The van der Waals surface area contributed by atoms with Crippen molar-refractivity contribution in [2.45, 2.75) is 45.1 Å². The van der Waals surface area contributed by atoms with Gasteiger partial charge >= 0.3 is 6.09 Å². The molecule has 1 aromatic heterocycles. The lowest BCUT2D eigenvalue weighted by Crippen LogP contribution is -2.41. The Morgan fingerprint density at radius 1 is 1.03 bits per heavy atom. The number of benzene rings is 2. The van der Waals surface area contributed by atoms with Crippen LogP contribution in [0.4, 0.5) is 10.5 Å². The van der Waals surface area contributed by atoms with Gasteiger partial charge in [0.15, 0.2) is 5.78 Å². The summed E-state index contributed by atoms with van der Waals surface area (Å²) in [5.74, 6) is 0.0604. The standard InChI is InChI=1S/C26H28N4O4/c1-26(2,3)34-25(33)30-12-10-17(11-13-30)23-15-27-21-9-6-19(14-22(21)29-23)24(32)18-4-7-20(8-5-18)28-16-31/h4-9,14-17H,10-13H2,1-3H3,(H,28,31). The van der Waals surface area contributed by atoms with E-state index in [1.165, 1.54) is 0 Å². The number of hydrogen-bond donors (Lipinski definition) is 1. The molecule has 1 N–H and O–H groups in total. The molecule has 1 saturated heterocycles. The maximum atomic E-state index is 13.0. The molecule has 0 unspecified atom stereocenters. The average molecular weight is 461 g/mol. The summed E-state index contributed by atoms with van der Waals surface area (Å²) in [5.41, 5.74) is 3.41. The fourth-order valence-electron chi connectivity index (χ4n) is 4.00. The van der Waals surface area contributed by atoms with Gasteiger partial charge in [-0.1, -0.05) is 0 Å². The van der Waals surface area contributed by atoms with Gasteiger partial charge in [0.1, 0.15) is 5.60 Å². The summed E-state index contributed by atoms with van der Waals surface area (Å²) < 4.78 is 5.47. The number of carbonyl (C=O) groups excluding carboxylic acids is 3. The Morgan fingerprint density at radius 2 is 1.71 bits per heavy atom. The summed E-state index contributed by atoms with van der Waals surface area (Å²) in [4.78, 5) is 46.9. The molecule has 2 heterocycles. The fraction of sp³-hybridized carbons (Fsp3) is 0.346. The van der Waals surface area contributed by atoms with Crippen molar-refractivity contribution in [2.75, 3.05) is 18.4 Å². The molecule has 0 atom stereocenters. The third kappa shape index (κ3) is 5.39. The van der Waals surface area contributed by atoms with Crippen LogP contribution < -0.4 is 5.32 Å². The number of likely N-dealkylation sites (tertiary alicyclic amines) is 1. The number of nitrogens with zero attached hydrogens (tertiary/aromatic N) is 3. The predicted molar refractivity (Wildman–Crippen MR) is 129 cm³/mol. The quantitative estimate of drug-likeness (QED) is 0.443. The Labute approximate surface area is 198 Å². The van der Waals surface area contributed by atoms with Crippen molar-refractivity contribution in [3.63, 3.8) is 0 Å². The van der Waals surface area contributed by atoms with Crippen molar-refractivity contribution < 1.29 is 19.1 Å². The Kier molecular flexibility index (Phi) is 6.58. The van der Waals surface area contributed by atoms with E-state index in [0.29, 0.717) is 41.8 Å². The molecule has 8 nitrogen and oxygen atoms in total. The van der Waals surface area contributed by atoms with Crippen molar-refractivity contribution in [1.82, 2.24) is 14.9 Å². The van der Waals surface area contributed by atoms with Crippen LogP contribution in [0.2, 0.25) is 0 Å². The minimum Gasteiger partial charge on any atom is -0.444 e. The van der Waals surface area contributed by atoms with Crippen molar-refractivity contribution in [2.24, 2.45) is 0 Å². The maximum absolute atomic E-state index is 13.0. The molecular formula is C26H28N4O4. The summed E-state index contributed by atoms with van der Waals surface area (Å²) in [5, 5.41) is 2.55. The average Bonchev–Trinajstić information content (AvgIpc) is 2.82. The van der Waals surface area contributed by atoms with E-state index in [0.717, 1.165) is 24.1 Å². The molecule has 2 aromatic carbocycles. The Balaban J connectivity index is 1.48. The topological polar surface area (TPSA) is 101 Å². The highest BCUT2D eigenvalue weighted by atomic mass is 16.6. The molecule has 0 aliphatic carbocycles. The highest BCUT2D eigenvalue weighted by Crippen LogP contribution is 2.28. The van der Waals surface area contributed by atoms with Gasteiger partial charge in [-0.2, -0.15) is 0 Å². The SMILES string of the molecule is CC(C)(C)OC(=O)N1CCC(c2cnc3ccc(C(=O)c4ccc(NC=O)cc4)cc3n2)CC1. The number of amides is 2. The molecule has 1 aliphatic rings. The number of piperidine rings is 1. The largest absolute Gasteiger partial charge is 0.444 e. The summed E-state index contributed by atoms with van der Waals surface area (Å²) in [6.07, 6.45) is 3.65. The molecule has 8 heteroatoms. The van der Waals surface area contributed by atoms with Crippen LogP contribution in [-0.4, -0.2) is 51.8 Å². The van der Waals surface area contributed by atoms with Gasteiger partial charge in [-0.25, -0.2) is 9.78 Å². The first-order valence-corrected chi connectivity index (χ1v) is 11.3. The van der Waals surface area contributed by atoms with Crippen molar-refractivity contribution >= 4 is 35.0 Å². The second-order valence-electron chi connectivity index (χ2n) is 9.41. The Bertz CT molecular complexity index is 1210. The first kappa shape index (κ1) is 23.4. The third-order valence-electron chi connectivity index (χ3n) is 5.76. The van der Waals surface area contributed by atoms with E-state index >= 15 is 0 Å². The van der Waals surface area contributed by atoms with Crippen LogP contribution in [0.25, 0.3) is 11.0 Å². The molecule has 3 aromatic rings. The summed E-state index contributed by atoms with van der Waals surface area (Å²) in [6.45, 7) is 6.80. The molecular weight excluding hydrogens is 432 g/mol. The number of rotatable bonds is 5. The highest BCUT2D eigenvalue weighted by molar-refractivity contribution is 6.10. The van der Waals surface area contributed by atoms with E-state index in [2.05, 4.69) is 10.3 Å². The zero-order valence-electron chi connectivity index (χ0n) is 19.6. The molecule has 1 fully saturated rings. The summed E-state index contributed by atoms with van der Waals surface area (Å²) in [6, 6.07) is 12.0. The molecule has 34 heavy (non-hydrogen) atoms. The van der Waals surface area contributed by atoms with Gasteiger partial charge in [-0.15, -0.1) is 0 Å². The molecule has 2 amide bonds. The lowest BCUT2D eigenvalue weighted by molar-refractivity contribution is -0.105. The second-order valence-corrected chi connectivity index (χ2v) is 9.41. The van der Waals surface area contributed by atoms with Crippen molar-refractivity contribution in [3.05, 3.63) is 65.5 Å². The number of fused-ring (bicyclic) bond motifs is 1. The minimum absolute atomic E-state index is 0.127. The molecule has 0 bridgehead atoms. The van der Waals surface area contributed by atoms with Crippen molar-refractivity contribution in [1.29, 1.82) is 0 Å². The van der Waals surface area contributed by atoms with Gasteiger partial charge in [0.05, 0.1) is 16.7 Å². The number of ether oxygens (including phenoxy) is 1. The fourth-order valence-corrected chi connectivity index (χ4v) is 4.00. The maximum Gasteiger partial charge on any atom is 0.410 e. The van der Waals surface area contributed by atoms with Gasteiger partial charge < -0.3 is 15.0 Å². The van der Waals surface area contributed by atoms with E-state index in [1.807, 2.05) is 20.8 Å². The normalized spacial score (nSPS) is 14.6. The molecule has 0 radical (unpaired) electrons. The van der Waals surface area contributed by atoms with Gasteiger partial charge in [-0.05, 0) is 76.1 Å². The summed E-state index contributed by atoms with van der Waals surface area (Å²) >= 11 is 0. The van der Waals surface area contributed by atoms with Gasteiger partial charge in [-0.3, -0.25) is 14.6 Å². The number of aromatic nitrogens is 2. The first-order valence-electron chi connectivity index (χ1n) is 11.3. The van der Waals surface area contributed by atoms with Crippen LogP contribution in [0.3, 0.4) is 0 Å². The van der Waals surface area contributed by atoms with E-state index in [4.69, 9.17) is 9.72 Å². The van der Waals surface area contributed by atoms with Gasteiger partial charge in [0.25, 0.3) is 0 Å². The van der Waals surface area contributed by atoms with Crippen LogP contribution in [0, 0.1) is 0 Å². The second kappa shape index (κ2) is 9.59. The van der Waals surface area contributed by atoms with Crippen LogP contribution in [-0.2, 0) is 9.53 Å².